The van der Waals surface area contributed by atoms with Crippen LogP contribution in [0.2, 0.25) is 0 Å². The standard InChI is InChI=1S/C4H10O.C4H9.Ti/c1-2-3-4-5;1-4(2)3;/h5H,2-4H2,1H3;1-3H3;/q;-1;. The second kappa shape index (κ2) is 16.3. The van der Waals surface area contributed by atoms with Gasteiger partial charge in [0, 0.05) is 28.3 Å². The van der Waals surface area contributed by atoms with Crippen molar-refractivity contribution in [2.45, 2.75) is 40.5 Å². The Morgan fingerprint density at radius 1 is 1.20 bits per heavy atom. The quantitative estimate of drug-likeness (QED) is 0.509. The second-order valence-corrected chi connectivity index (χ2v) is 2.58. The molecule has 0 amide bonds. The average molecular weight is 179 g/mol. The van der Waals surface area contributed by atoms with Crippen molar-refractivity contribution in [1.82, 2.24) is 0 Å². The van der Waals surface area contributed by atoms with Crippen molar-refractivity contribution in [3.8, 4) is 0 Å². The van der Waals surface area contributed by atoms with Crippen molar-refractivity contribution in [2.24, 2.45) is 0 Å². The van der Waals surface area contributed by atoms with E-state index in [1.807, 2.05) is 0 Å². The van der Waals surface area contributed by atoms with E-state index >= 15 is 0 Å². The minimum Gasteiger partial charge on any atom is -0.396 e. The smallest absolute Gasteiger partial charge is 0.0430 e. The third-order valence-corrected chi connectivity index (χ3v) is 0.512. The Morgan fingerprint density at radius 2 is 1.50 bits per heavy atom. The fourth-order valence-electron chi connectivity index (χ4n) is 0.158. The van der Waals surface area contributed by atoms with Crippen LogP contribution in [-0.4, -0.2) is 11.7 Å². The van der Waals surface area contributed by atoms with Crippen LogP contribution in [0.5, 0.6) is 0 Å². The van der Waals surface area contributed by atoms with Crippen LogP contribution in [0.15, 0.2) is 0 Å². The van der Waals surface area contributed by atoms with Gasteiger partial charge in [0.25, 0.3) is 0 Å². The van der Waals surface area contributed by atoms with Crippen molar-refractivity contribution in [3.05, 3.63) is 5.92 Å². The Balaban J connectivity index is -0.0000000910. The van der Waals surface area contributed by atoms with Gasteiger partial charge in [-0.2, -0.15) is 20.8 Å². The first-order valence-corrected chi connectivity index (χ1v) is 3.52. The van der Waals surface area contributed by atoms with Crippen LogP contribution in [0.1, 0.15) is 40.5 Å². The van der Waals surface area contributed by atoms with Crippen LogP contribution in [0.25, 0.3) is 0 Å². The summed E-state index contributed by atoms with van der Waals surface area (Å²) in [5.74, 6) is 1.42. The number of rotatable bonds is 2. The molecule has 0 aromatic carbocycles. The van der Waals surface area contributed by atoms with Gasteiger partial charge >= 0.3 is 0 Å². The van der Waals surface area contributed by atoms with Crippen molar-refractivity contribution in [1.29, 1.82) is 0 Å². The molecule has 0 aromatic rings. The second-order valence-electron chi connectivity index (χ2n) is 2.58. The molecule has 0 atom stereocenters. The minimum absolute atomic E-state index is 0. The molecule has 62 valence electrons. The van der Waals surface area contributed by atoms with E-state index in [2.05, 4.69) is 27.7 Å². The molecule has 0 fully saturated rings. The Labute approximate surface area is 80.1 Å². The van der Waals surface area contributed by atoms with E-state index in [0.29, 0.717) is 6.61 Å². The molecule has 0 aliphatic rings. The molecule has 0 aromatic heterocycles. The number of hydrogen-bond acceptors (Lipinski definition) is 1. The summed E-state index contributed by atoms with van der Waals surface area (Å²) in [6.07, 6.45) is 2.04. The zero-order valence-corrected chi connectivity index (χ0v) is 9.13. The van der Waals surface area contributed by atoms with Gasteiger partial charge in [-0.3, -0.25) is 0 Å². The van der Waals surface area contributed by atoms with E-state index in [0.717, 1.165) is 12.8 Å². The van der Waals surface area contributed by atoms with Crippen molar-refractivity contribution < 1.29 is 26.8 Å². The predicted molar refractivity (Wildman–Crippen MR) is 42.3 cm³/mol. The van der Waals surface area contributed by atoms with Gasteiger partial charge in [0.1, 0.15) is 0 Å². The molecule has 0 radical (unpaired) electrons. The first kappa shape index (κ1) is 17.0. The Morgan fingerprint density at radius 3 is 1.50 bits per heavy atom. The third-order valence-electron chi connectivity index (χ3n) is 0.512. The SMILES string of the molecule is CCCCO.C[C-](C)C.[Ti]. The monoisotopic (exact) mass is 179 g/mol. The maximum Gasteiger partial charge on any atom is 0.0430 e. The van der Waals surface area contributed by atoms with Crippen LogP contribution in [-0.2, 0) is 21.7 Å². The van der Waals surface area contributed by atoms with Crippen molar-refractivity contribution >= 4 is 0 Å². The average Bonchev–Trinajstić information content (AvgIpc) is 1.66. The summed E-state index contributed by atoms with van der Waals surface area (Å²) in [5.41, 5.74) is 0. The molecular weight excluding hydrogens is 160 g/mol. The molecule has 0 aliphatic carbocycles. The molecule has 0 bridgehead atoms. The maximum atomic E-state index is 8.07. The van der Waals surface area contributed by atoms with Gasteiger partial charge in [0.05, 0.1) is 0 Å². The summed E-state index contributed by atoms with van der Waals surface area (Å²) in [4.78, 5) is 0. The molecule has 1 N–H and O–H groups in total. The molecule has 0 unspecified atom stereocenters. The van der Waals surface area contributed by atoms with Crippen LogP contribution < -0.4 is 0 Å². The fourth-order valence-corrected chi connectivity index (χ4v) is 0.158. The van der Waals surface area contributed by atoms with Gasteiger partial charge in [-0.05, 0) is 6.42 Å². The molecule has 0 aliphatic heterocycles. The molecular formula is C8H19OTi-. The van der Waals surface area contributed by atoms with Gasteiger partial charge in [0.2, 0.25) is 0 Å². The Kier molecular flexibility index (Phi) is 27.7. The molecule has 1 nitrogen and oxygen atoms in total. The van der Waals surface area contributed by atoms with E-state index in [1.54, 1.807) is 0 Å². The first-order chi connectivity index (χ1) is 4.15. The van der Waals surface area contributed by atoms with E-state index in [9.17, 15) is 0 Å². The summed E-state index contributed by atoms with van der Waals surface area (Å²) in [6, 6.07) is 0. The summed E-state index contributed by atoms with van der Waals surface area (Å²) in [5, 5.41) is 8.07. The summed E-state index contributed by atoms with van der Waals surface area (Å²) in [7, 11) is 0. The topological polar surface area (TPSA) is 20.2 Å². The van der Waals surface area contributed by atoms with Crippen LogP contribution in [0, 0.1) is 5.92 Å². The summed E-state index contributed by atoms with van der Waals surface area (Å²) in [6.45, 7) is 8.65. The number of hydrogen-bond donors (Lipinski definition) is 1. The Hall–Kier alpha value is 0.674. The molecule has 0 saturated heterocycles. The van der Waals surface area contributed by atoms with Gasteiger partial charge in [0.15, 0.2) is 0 Å². The molecule has 10 heavy (non-hydrogen) atoms. The molecule has 2 heteroatoms. The van der Waals surface area contributed by atoms with Gasteiger partial charge in [-0.15, -0.1) is 0 Å². The maximum absolute atomic E-state index is 8.07. The van der Waals surface area contributed by atoms with Gasteiger partial charge in [-0.25, -0.2) is 0 Å². The largest absolute Gasteiger partial charge is 0.396 e. The number of aliphatic hydroxyl groups is 1. The van der Waals surface area contributed by atoms with E-state index in [1.165, 1.54) is 5.92 Å². The van der Waals surface area contributed by atoms with E-state index < -0.39 is 0 Å². The summed E-state index contributed by atoms with van der Waals surface area (Å²) >= 11 is 0. The zero-order chi connectivity index (χ0) is 7.70. The van der Waals surface area contributed by atoms with Crippen LogP contribution in [0.4, 0.5) is 0 Å². The first-order valence-electron chi connectivity index (χ1n) is 3.52. The minimum atomic E-state index is 0. The molecule has 0 spiro atoms. The molecule has 0 saturated carbocycles. The fraction of sp³-hybridized carbons (Fsp3) is 0.875. The predicted octanol–water partition coefficient (Wildman–Crippen LogP) is 2.40. The van der Waals surface area contributed by atoms with Gasteiger partial charge < -0.3 is 11.0 Å². The zero-order valence-electron chi connectivity index (χ0n) is 7.57. The third kappa shape index (κ3) is 71.4. The van der Waals surface area contributed by atoms with Gasteiger partial charge in [-0.1, -0.05) is 13.3 Å². The van der Waals surface area contributed by atoms with Crippen LogP contribution >= 0.6 is 0 Å². The molecule has 0 heterocycles. The van der Waals surface area contributed by atoms with E-state index in [-0.39, 0.29) is 21.7 Å². The molecule has 0 rings (SSSR count). The van der Waals surface area contributed by atoms with Crippen molar-refractivity contribution in [2.75, 3.05) is 6.61 Å². The van der Waals surface area contributed by atoms with Crippen LogP contribution in [0.3, 0.4) is 0 Å². The van der Waals surface area contributed by atoms with Crippen molar-refractivity contribution in [3.63, 3.8) is 0 Å². The number of aliphatic hydroxyl groups excluding tert-OH is 1. The normalized spacial score (nSPS) is 7.80. The number of unbranched alkanes of at least 4 members (excludes halogenated alkanes) is 1. The Bertz CT molecular complexity index is 33.5. The summed E-state index contributed by atoms with van der Waals surface area (Å²) < 4.78 is 0. The van der Waals surface area contributed by atoms with E-state index in [4.69, 9.17) is 5.11 Å².